The molecule has 1 saturated heterocycles. The van der Waals surface area contributed by atoms with E-state index in [9.17, 15) is 14.4 Å². The molecule has 7 heteroatoms. The van der Waals surface area contributed by atoms with Crippen LogP contribution < -0.4 is 5.32 Å². The molecule has 4 rings (SSSR count). The van der Waals surface area contributed by atoms with Crippen LogP contribution in [0.4, 0.5) is 4.79 Å². The number of carbonyl (C=O) groups excluding carboxylic acids is 3. The van der Waals surface area contributed by atoms with Crippen LogP contribution in [0.15, 0.2) is 52.0 Å². The number of nitrogens with one attached hydrogen (secondary N) is 1. The fourth-order valence-corrected chi connectivity index (χ4v) is 4.92. The number of furan rings is 1. The van der Waals surface area contributed by atoms with E-state index in [1.807, 2.05) is 37.3 Å². The Morgan fingerprint density at radius 1 is 1.15 bits per heavy atom. The van der Waals surface area contributed by atoms with E-state index in [-0.39, 0.29) is 36.6 Å². The molecule has 0 bridgehead atoms. The van der Waals surface area contributed by atoms with Crippen molar-refractivity contribution in [1.29, 1.82) is 0 Å². The molecule has 1 fully saturated rings. The van der Waals surface area contributed by atoms with Gasteiger partial charge in [0.25, 0.3) is 11.1 Å². The maximum Gasteiger partial charge on any atom is 0.293 e. The number of hydrogen-bond acceptors (Lipinski definition) is 5. The smallest absolute Gasteiger partial charge is 0.293 e. The minimum atomic E-state index is -0.331. The minimum Gasteiger partial charge on any atom is -0.464 e. The van der Waals surface area contributed by atoms with Crippen LogP contribution >= 0.6 is 11.8 Å². The molecular weight excluding hydrogens is 448 g/mol. The third kappa shape index (κ3) is 5.09. The average Bonchev–Trinajstić information content (AvgIpc) is 3.29. The summed E-state index contributed by atoms with van der Waals surface area (Å²) in [6.07, 6.45) is 3.52. The number of imide groups is 1. The van der Waals surface area contributed by atoms with Gasteiger partial charge in [-0.15, -0.1) is 0 Å². The molecule has 6 nitrogen and oxygen atoms in total. The first-order valence-electron chi connectivity index (χ1n) is 11.3. The van der Waals surface area contributed by atoms with Crippen molar-refractivity contribution in [1.82, 2.24) is 10.2 Å². The number of amides is 3. The van der Waals surface area contributed by atoms with Gasteiger partial charge in [0.15, 0.2) is 0 Å². The third-order valence-corrected chi connectivity index (χ3v) is 6.83. The number of thioether (sulfide) groups is 1. The molecule has 0 atom stereocenters. The molecular formula is C27H28N2O4S. The van der Waals surface area contributed by atoms with Crippen LogP contribution in [0.25, 0.3) is 17.0 Å². The summed E-state index contributed by atoms with van der Waals surface area (Å²) >= 11 is 0.923. The fraction of sp³-hybridized carbons (Fsp3) is 0.296. The molecule has 2 heterocycles. The quantitative estimate of drug-likeness (QED) is 0.451. The van der Waals surface area contributed by atoms with Gasteiger partial charge in [0.1, 0.15) is 5.58 Å². The molecule has 1 N–H and O–H groups in total. The van der Waals surface area contributed by atoms with Gasteiger partial charge in [0.2, 0.25) is 5.91 Å². The molecule has 0 radical (unpaired) electrons. The Labute approximate surface area is 203 Å². The number of hydrogen-bond donors (Lipinski definition) is 1. The molecule has 0 aliphatic carbocycles. The van der Waals surface area contributed by atoms with E-state index in [1.165, 1.54) is 16.0 Å². The van der Waals surface area contributed by atoms with Gasteiger partial charge in [0.05, 0.1) is 17.6 Å². The molecule has 2 aromatic carbocycles. The number of fused-ring (bicyclic) bond motifs is 1. The summed E-state index contributed by atoms with van der Waals surface area (Å²) in [6, 6.07) is 11.8. The van der Waals surface area contributed by atoms with Crippen molar-refractivity contribution in [2.24, 2.45) is 0 Å². The Hall–Kier alpha value is -3.32. The zero-order valence-electron chi connectivity index (χ0n) is 19.8. The van der Waals surface area contributed by atoms with E-state index < -0.39 is 0 Å². The molecule has 34 heavy (non-hydrogen) atoms. The summed E-state index contributed by atoms with van der Waals surface area (Å²) in [5.74, 6) is -0.141. The lowest BCUT2D eigenvalue weighted by Gasteiger charge is -2.13. The van der Waals surface area contributed by atoms with E-state index in [0.29, 0.717) is 10.8 Å². The van der Waals surface area contributed by atoms with Gasteiger partial charge in [0, 0.05) is 24.0 Å². The van der Waals surface area contributed by atoms with Gasteiger partial charge in [-0.3, -0.25) is 19.3 Å². The van der Waals surface area contributed by atoms with E-state index in [4.69, 9.17) is 4.42 Å². The SMILES string of the molecule is Cc1ccc(C=C2SC(=O)N(CCNC(=O)Cc3coc4cc(C)c(C(C)C)cc34)C2=O)cc1. The maximum atomic E-state index is 12.7. The molecule has 0 saturated carbocycles. The second-order valence-electron chi connectivity index (χ2n) is 8.89. The molecule has 1 aromatic heterocycles. The van der Waals surface area contributed by atoms with Crippen LogP contribution in [-0.4, -0.2) is 35.0 Å². The number of carbonyl (C=O) groups is 3. The zero-order chi connectivity index (χ0) is 24.4. The van der Waals surface area contributed by atoms with Crippen LogP contribution in [-0.2, 0) is 16.0 Å². The number of rotatable bonds is 7. The largest absolute Gasteiger partial charge is 0.464 e. The Kier molecular flexibility index (Phi) is 6.93. The van der Waals surface area contributed by atoms with Crippen molar-refractivity contribution in [3.05, 3.63) is 75.4 Å². The molecule has 1 aliphatic heterocycles. The highest BCUT2D eigenvalue weighted by Gasteiger charge is 2.34. The first-order chi connectivity index (χ1) is 16.2. The van der Waals surface area contributed by atoms with Crippen LogP contribution in [0.2, 0.25) is 0 Å². The van der Waals surface area contributed by atoms with Crippen molar-refractivity contribution in [2.45, 2.75) is 40.0 Å². The third-order valence-electron chi connectivity index (χ3n) is 5.92. The summed E-state index contributed by atoms with van der Waals surface area (Å²) in [6.45, 7) is 8.66. The maximum absolute atomic E-state index is 12.7. The summed E-state index contributed by atoms with van der Waals surface area (Å²) in [5.41, 5.74) is 5.98. The monoisotopic (exact) mass is 476 g/mol. The summed E-state index contributed by atoms with van der Waals surface area (Å²) in [7, 11) is 0. The lowest BCUT2D eigenvalue weighted by atomic mass is 9.95. The van der Waals surface area contributed by atoms with Crippen LogP contribution in [0.3, 0.4) is 0 Å². The lowest BCUT2D eigenvalue weighted by molar-refractivity contribution is -0.124. The second kappa shape index (κ2) is 9.89. The molecule has 3 aromatic rings. The highest BCUT2D eigenvalue weighted by molar-refractivity contribution is 8.18. The van der Waals surface area contributed by atoms with Gasteiger partial charge in [-0.05, 0) is 66.4 Å². The number of aryl methyl sites for hydroxylation is 2. The van der Waals surface area contributed by atoms with Gasteiger partial charge in [-0.1, -0.05) is 43.7 Å². The average molecular weight is 477 g/mol. The first kappa shape index (κ1) is 23.8. The van der Waals surface area contributed by atoms with E-state index in [1.54, 1.807) is 12.3 Å². The topological polar surface area (TPSA) is 79.6 Å². The predicted molar refractivity (Wildman–Crippen MR) is 136 cm³/mol. The highest BCUT2D eigenvalue weighted by Crippen LogP contribution is 2.32. The Bertz CT molecular complexity index is 1290. The molecule has 0 spiro atoms. The summed E-state index contributed by atoms with van der Waals surface area (Å²) in [4.78, 5) is 39.1. The van der Waals surface area contributed by atoms with Crippen molar-refractivity contribution < 1.29 is 18.8 Å². The summed E-state index contributed by atoms with van der Waals surface area (Å²) in [5, 5.41) is 3.43. The Morgan fingerprint density at radius 2 is 1.88 bits per heavy atom. The van der Waals surface area contributed by atoms with Crippen LogP contribution in [0, 0.1) is 13.8 Å². The molecule has 176 valence electrons. The normalized spacial score (nSPS) is 15.2. The minimum absolute atomic E-state index is 0.129. The fourth-order valence-electron chi connectivity index (χ4n) is 4.05. The van der Waals surface area contributed by atoms with Crippen LogP contribution in [0.5, 0.6) is 0 Å². The molecule has 1 aliphatic rings. The Balaban J connectivity index is 1.35. The van der Waals surface area contributed by atoms with Gasteiger partial charge in [-0.2, -0.15) is 0 Å². The van der Waals surface area contributed by atoms with Crippen molar-refractivity contribution >= 4 is 45.9 Å². The standard InChI is InChI=1S/C27H28N2O4S/c1-16(2)21-14-22-20(15-33-23(22)11-18(21)4)13-25(30)28-9-10-29-26(31)24(34-27(29)32)12-19-7-5-17(3)6-8-19/h5-8,11-12,14-16H,9-10,13H2,1-4H3,(H,28,30). The highest BCUT2D eigenvalue weighted by atomic mass is 32.2. The lowest BCUT2D eigenvalue weighted by Crippen LogP contribution is -2.37. The first-order valence-corrected chi connectivity index (χ1v) is 12.1. The van der Waals surface area contributed by atoms with E-state index in [0.717, 1.165) is 39.4 Å². The number of nitrogens with zero attached hydrogens (tertiary/aromatic N) is 1. The van der Waals surface area contributed by atoms with Crippen molar-refractivity contribution in [3.63, 3.8) is 0 Å². The van der Waals surface area contributed by atoms with Gasteiger partial charge in [-0.25, -0.2) is 0 Å². The number of benzene rings is 2. The van der Waals surface area contributed by atoms with Crippen molar-refractivity contribution in [3.8, 4) is 0 Å². The van der Waals surface area contributed by atoms with Gasteiger partial charge < -0.3 is 9.73 Å². The zero-order valence-corrected chi connectivity index (χ0v) is 20.6. The molecule has 0 unspecified atom stereocenters. The van der Waals surface area contributed by atoms with Crippen molar-refractivity contribution in [2.75, 3.05) is 13.1 Å². The second-order valence-corrected chi connectivity index (χ2v) is 9.88. The van der Waals surface area contributed by atoms with Gasteiger partial charge >= 0.3 is 0 Å². The van der Waals surface area contributed by atoms with E-state index in [2.05, 4.69) is 32.2 Å². The Morgan fingerprint density at radius 3 is 2.59 bits per heavy atom. The van der Waals surface area contributed by atoms with Crippen LogP contribution in [0.1, 0.15) is 47.6 Å². The predicted octanol–water partition coefficient (Wildman–Crippen LogP) is 5.57. The van der Waals surface area contributed by atoms with E-state index >= 15 is 0 Å². The molecule has 3 amide bonds. The summed E-state index contributed by atoms with van der Waals surface area (Å²) < 4.78 is 5.66.